The lowest BCUT2D eigenvalue weighted by Gasteiger charge is -2.32. The van der Waals surface area contributed by atoms with Gasteiger partial charge in [-0.1, -0.05) is 0 Å². The summed E-state index contributed by atoms with van der Waals surface area (Å²) in [5.74, 6) is 0.610. The Kier molecular flexibility index (Phi) is 7.71. The molecule has 0 aromatic carbocycles. The molecule has 0 bridgehead atoms. The molecule has 2 N–H and O–H groups in total. The van der Waals surface area contributed by atoms with Gasteiger partial charge in [-0.25, -0.2) is 0 Å². The van der Waals surface area contributed by atoms with Crippen molar-refractivity contribution in [3.8, 4) is 0 Å². The highest BCUT2D eigenvalue weighted by atomic mass is 35.5. The molecule has 146 valence electrons. The number of nitrogens with zero attached hydrogens (tertiary/aromatic N) is 2. The van der Waals surface area contributed by atoms with E-state index in [0.717, 1.165) is 52.0 Å². The minimum Gasteiger partial charge on any atom is -0.353 e. The summed E-state index contributed by atoms with van der Waals surface area (Å²) >= 11 is 0. The summed E-state index contributed by atoms with van der Waals surface area (Å²) in [7, 11) is 0. The molecular formula is C19H30Cl2N4O. The summed E-state index contributed by atoms with van der Waals surface area (Å²) in [5, 5.41) is 6.75. The van der Waals surface area contributed by atoms with E-state index in [1.165, 1.54) is 18.4 Å². The number of piperidine rings is 2. The van der Waals surface area contributed by atoms with E-state index in [0.29, 0.717) is 17.4 Å². The van der Waals surface area contributed by atoms with Crippen molar-refractivity contribution in [3.63, 3.8) is 0 Å². The van der Waals surface area contributed by atoms with E-state index >= 15 is 0 Å². The number of pyridine rings is 1. The minimum atomic E-state index is 0. The molecule has 1 atom stereocenters. The van der Waals surface area contributed by atoms with Crippen LogP contribution in [0.25, 0.3) is 0 Å². The average Bonchev–Trinajstić information content (AvgIpc) is 3.31. The fraction of sp³-hybridized carbons (Fsp3) is 0.684. The van der Waals surface area contributed by atoms with Gasteiger partial charge in [0, 0.05) is 44.0 Å². The average molecular weight is 401 g/mol. The predicted molar refractivity (Wildman–Crippen MR) is 108 cm³/mol. The van der Waals surface area contributed by atoms with E-state index < -0.39 is 0 Å². The van der Waals surface area contributed by atoms with Crippen LogP contribution in [-0.4, -0.2) is 48.0 Å². The highest BCUT2D eigenvalue weighted by Crippen LogP contribution is 2.58. The van der Waals surface area contributed by atoms with Gasteiger partial charge in [-0.15, -0.1) is 24.8 Å². The van der Waals surface area contributed by atoms with Gasteiger partial charge in [0.25, 0.3) is 0 Å². The van der Waals surface area contributed by atoms with Crippen LogP contribution in [0, 0.1) is 11.3 Å². The number of hydrogen-bond acceptors (Lipinski definition) is 4. The lowest BCUT2D eigenvalue weighted by atomic mass is 9.91. The second-order valence-electron chi connectivity index (χ2n) is 7.78. The van der Waals surface area contributed by atoms with Crippen LogP contribution in [0.4, 0.5) is 0 Å². The number of likely N-dealkylation sites (tertiary alicyclic amines) is 1. The Balaban J connectivity index is 0.00000121. The van der Waals surface area contributed by atoms with E-state index in [1.807, 2.05) is 12.4 Å². The summed E-state index contributed by atoms with van der Waals surface area (Å²) in [4.78, 5) is 19.1. The quantitative estimate of drug-likeness (QED) is 0.814. The van der Waals surface area contributed by atoms with Gasteiger partial charge in [0.05, 0.1) is 0 Å². The van der Waals surface area contributed by atoms with Crippen molar-refractivity contribution in [2.24, 2.45) is 11.3 Å². The third-order valence-corrected chi connectivity index (χ3v) is 6.20. The molecular weight excluding hydrogens is 371 g/mol. The molecule has 1 aromatic heterocycles. The molecule has 1 aliphatic carbocycles. The number of carbonyl (C=O) groups excluding carboxylic acids is 1. The van der Waals surface area contributed by atoms with E-state index in [1.54, 1.807) is 0 Å². The summed E-state index contributed by atoms with van der Waals surface area (Å²) in [6, 6.07) is 4.53. The van der Waals surface area contributed by atoms with Gasteiger partial charge in [-0.2, -0.15) is 0 Å². The summed E-state index contributed by atoms with van der Waals surface area (Å²) in [6.45, 7) is 5.27. The molecule has 3 heterocycles. The first kappa shape index (κ1) is 21.4. The highest BCUT2D eigenvalue weighted by Gasteiger charge is 2.57. The van der Waals surface area contributed by atoms with Crippen LogP contribution < -0.4 is 10.6 Å². The van der Waals surface area contributed by atoms with Gasteiger partial charge in [0.2, 0.25) is 5.91 Å². The predicted octanol–water partition coefficient (Wildman–Crippen LogP) is 2.40. The van der Waals surface area contributed by atoms with Crippen molar-refractivity contribution in [2.45, 2.75) is 44.7 Å². The van der Waals surface area contributed by atoms with Gasteiger partial charge >= 0.3 is 0 Å². The zero-order valence-electron chi connectivity index (χ0n) is 15.2. The van der Waals surface area contributed by atoms with E-state index in [4.69, 9.17) is 0 Å². The fourth-order valence-electron chi connectivity index (χ4n) is 4.48. The number of rotatable bonds is 4. The zero-order valence-corrected chi connectivity index (χ0v) is 16.8. The van der Waals surface area contributed by atoms with Gasteiger partial charge in [-0.05, 0) is 68.3 Å². The topological polar surface area (TPSA) is 57.3 Å². The van der Waals surface area contributed by atoms with Crippen molar-refractivity contribution < 1.29 is 4.79 Å². The number of halogens is 2. The zero-order chi connectivity index (χ0) is 16.4. The molecule has 7 heteroatoms. The molecule has 3 aliphatic rings. The van der Waals surface area contributed by atoms with E-state index in [9.17, 15) is 4.79 Å². The Bertz CT molecular complexity index is 572. The summed E-state index contributed by atoms with van der Waals surface area (Å²) in [5.41, 5.74) is 1.66. The Morgan fingerprint density at radius 2 is 1.85 bits per heavy atom. The van der Waals surface area contributed by atoms with Gasteiger partial charge < -0.3 is 10.6 Å². The van der Waals surface area contributed by atoms with E-state index in [2.05, 4.69) is 32.7 Å². The van der Waals surface area contributed by atoms with Crippen LogP contribution in [0.1, 0.15) is 37.7 Å². The molecule has 1 spiro atoms. The van der Waals surface area contributed by atoms with Crippen LogP contribution >= 0.6 is 24.8 Å². The Morgan fingerprint density at radius 3 is 2.50 bits per heavy atom. The maximum Gasteiger partial charge on any atom is 0.223 e. The lowest BCUT2D eigenvalue weighted by Crippen LogP contribution is -2.45. The maximum atomic E-state index is 12.6. The molecule has 1 amide bonds. The summed E-state index contributed by atoms with van der Waals surface area (Å²) < 4.78 is 0. The first-order valence-electron chi connectivity index (χ1n) is 9.38. The number of hydrogen-bond donors (Lipinski definition) is 2. The minimum absolute atomic E-state index is 0. The molecule has 2 saturated heterocycles. The first-order valence-corrected chi connectivity index (χ1v) is 9.38. The second kappa shape index (κ2) is 9.36. The van der Waals surface area contributed by atoms with Crippen molar-refractivity contribution in [3.05, 3.63) is 30.1 Å². The van der Waals surface area contributed by atoms with Crippen LogP contribution in [0.5, 0.6) is 0 Å². The SMILES string of the molecule is Cl.Cl.O=C(NC1CCN(Cc2ccncc2)CC1)C1CC12CCNCC2. The van der Waals surface area contributed by atoms with E-state index in [-0.39, 0.29) is 30.7 Å². The Hall–Kier alpha value is -0.880. The molecule has 5 nitrogen and oxygen atoms in total. The monoisotopic (exact) mass is 400 g/mol. The van der Waals surface area contributed by atoms with Crippen molar-refractivity contribution in [1.29, 1.82) is 0 Å². The van der Waals surface area contributed by atoms with Gasteiger partial charge in [0.1, 0.15) is 0 Å². The molecule has 4 rings (SSSR count). The van der Waals surface area contributed by atoms with Crippen LogP contribution in [0.2, 0.25) is 0 Å². The first-order chi connectivity index (χ1) is 11.8. The number of nitrogens with one attached hydrogen (secondary N) is 2. The van der Waals surface area contributed by atoms with Gasteiger partial charge in [-0.3, -0.25) is 14.7 Å². The Morgan fingerprint density at radius 1 is 1.19 bits per heavy atom. The molecule has 3 fully saturated rings. The molecule has 2 aliphatic heterocycles. The standard InChI is InChI=1S/C19H28N4O.2ClH/c24-18(17-13-19(17)5-9-21-10-6-19)22-16-3-11-23(12-4-16)14-15-1-7-20-8-2-15;;/h1-2,7-8,16-17,21H,3-6,9-14H2,(H,22,24);2*1H. The molecule has 1 saturated carbocycles. The third kappa shape index (κ3) is 4.89. The van der Waals surface area contributed by atoms with Crippen LogP contribution in [-0.2, 0) is 11.3 Å². The number of amides is 1. The largest absolute Gasteiger partial charge is 0.353 e. The van der Waals surface area contributed by atoms with Gasteiger partial charge in [0.15, 0.2) is 0 Å². The van der Waals surface area contributed by atoms with Crippen molar-refractivity contribution in [1.82, 2.24) is 20.5 Å². The molecule has 26 heavy (non-hydrogen) atoms. The van der Waals surface area contributed by atoms with Crippen LogP contribution in [0.3, 0.4) is 0 Å². The maximum absolute atomic E-state index is 12.6. The van der Waals surface area contributed by atoms with Crippen molar-refractivity contribution >= 4 is 30.7 Å². The molecule has 1 unspecified atom stereocenters. The van der Waals surface area contributed by atoms with Crippen LogP contribution in [0.15, 0.2) is 24.5 Å². The Labute approximate surface area is 168 Å². The molecule has 1 aromatic rings. The summed E-state index contributed by atoms with van der Waals surface area (Å²) in [6.07, 6.45) is 9.31. The number of carbonyl (C=O) groups is 1. The lowest BCUT2D eigenvalue weighted by molar-refractivity contribution is -0.124. The fourth-order valence-corrected chi connectivity index (χ4v) is 4.48. The van der Waals surface area contributed by atoms with Crippen molar-refractivity contribution in [2.75, 3.05) is 26.2 Å². The smallest absolute Gasteiger partial charge is 0.223 e. The third-order valence-electron chi connectivity index (χ3n) is 6.20. The number of aromatic nitrogens is 1. The normalized spacial score (nSPS) is 25.0. The highest BCUT2D eigenvalue weighted by molar-refractivity contribution is 5.85. The second-order valence-corrected chi connectivity index (χ2v) is 7.78. The molecule has 0 radical (unpaired) electrons.